The first kappa shape index (κ1) is 19.9. The number of nitrogens with zero attached hydrogens (tertiary/aromatic N) is 4. The molecule has 8 nitrogen and oxygen atoms in total. The highest BCUT2D eigenvalue weighted by Gasteiger charge is 2.32. The van der Waals surface area contributed by atoms with Crippen molar-refractivity contribution in [3.05, 3.63) is 53.5 Å². The lowest BCUT2D eigenvalue weighted by molar-refractivity contribution is -0.125. The van der Waals surface area contributed by atoms with Crippen LogP contribution in [0.5, 0.6) is 0 Å². The second-order valence-corrected chi connectivity index (χ2v) is 7.60. The zero-order valence-electron chi connectivity index (χ0n) is 17.1. The number of amides is 3. The third kappa shape index (κ3) is 3.85. The molecule has 2 aliphatic rings. The molecule has 3 heterocycles. The minimum Gasteiger partial charge on any atom is -0.459 e. The number of hydrogen-bond donors (Lipinski definition) is 0. The number of carbonyl (C=O) groups is 3. The van der Waals surface area contributed by atoms with Crippen LogP contribution in [0.4, 0.5) is 5.69 Å². The molecular formula is C22H24N4O4. The molecule has 0 bridgehead atoms. The van der Waals surface area contributed by atoms with E-state index in [-0.39, 0.29) is 24.1 Å². The van der Waals surface area contributed by atoms with Gasteiger partial charge in [-0.3, -0.25) is 14.4 Å². The minimum absolute atomic E-state index is 0.117. The van der Waals surface area contributed by atoms with Crippen molar-refractivity contribution in [3.63, 3.8) is 0 Å². The van der Waals surface area contributed by atoms with E-state index in [1.54, 1.807) is 21.9 Å². The van der Waals surface area contributed by atoms with Gasteiger partial charge in [-0.2, -0.15) is 5.10 Å². The van der Waals surface area contributed by atoms with Crippen molar-refractivity contribution in [3.8, 4) is 0 Å². The summed E-state index contributed by atoms with van der Waals surface area (Å²) in [6, 6.07) is 9.14. The number of hydrazone groups is 1. The molecule has 1 aromatic heterocycles. The Labute approximate surface area is 174 Å². The fourth-order valence-electron chi connectivity index (χ4n) is 3.69. The molecule has 156 valence electrons. The van der Waals surface area contributed by atoms with E-state index in [1.165, 1.54) is 11.3 Å². The number of benzene rings is 1. The first-order chi connectivity index (χ1) is 14.4. The number of rotatable bonds is 3. The summed E-state index contributed by atoms with van der Waals surface area (Å²) in [7, 11) is 0. The van der Waals surface area contributed by atoms with E-state index in [2.05, 4.69) is 5.10 Å². The van der Waals surface area contributed by atoms with Gasteiger partial charge in [-0.1, -0.05) is 12.1 Å². The molecule has 4 rings (SSSR count). The number of anilines is 1. The van der Waals surface area contributed by atoms with Gasteiger partial charge in [0.15, 0.2) is 5.76 Å². The number of hydrogen-bond acceptors (Lipinski definition) is 5. The summed E-state index contributed by atoms with van der Waals surface area (Å²) in [6.45, 7) is 5.57. The van der Waals surface area contributed by atoms with E-state index in [0.29, 0.717) is 49.8 Å². The molecule has 2 aromatic rings. The highest BCUT2D eigenvalue weighted by molar-refractivity contribution is 6.40. The molecule has 3 amide bonds. The third-order valence-electron chi connectivity index (χ3n) is 5.46. The van der Waals surface area contributed by atoms with Crippen molar-refractivity contribution in [1.29, 1.82) is 0 Å². The molecule has 2 aliphatic heterocycles. The van der Waals surface area contributed by atoms with Crippen LogP contribution in [0.15, 0.2) is 46.1 Å². The summed E-state index contributed by atoms with van der Waals surface area (Å²) in [5.74, 6) is -0.167. The molecule has 0 aliphatic carbocycles. The van der Waals surface area contributed by atoms with Crippen LogP contribution in [0.25, 0.3) is 0 Å². The van der Waals surface area contributed by atoms with E-state index in [1.807, 2.05) is 32.0 Å². The zero-order chi connectivity index (χ0) is 21.3. The molecule has 0 unspecified atom stereocenters. The minimum atomic E-state index is -0.178. The number of carbonyl (C=O) groups excluding carboxylic acids is 3. The summed E-state index contributed by atoms with van der Waals surface area (Å²) in [5.41, 5.74) is 3.03. The molecule has 0 radical (unpaired) electrons. The lowest BCUT2D eigenvalue weighted by atomic mass is 10.1. The summed E-state index contributed by atoms with van der Waals surface area (Å²) in [5, 5.41) is 5.78. The molecule has 0 spiro atoms. The molecule has 0 saturated carbocycles. The Morgan fingerprint density at radius 2 is 1.67 bits per heavy atom. The lowest BCUT2D eigenvalue weighted by Gasteiger charge is -2.35. The van der Waals surface area contributed by atoms with Gasteiger partial charge in [-0.25, -0.2) is 5.01 Å². The molecule has 1 saturated heterocycles. The predicted octanol–water partition coefficient (Wildman–Crippen LogP) is 2.36. The normalized spacial score (nSPS) is 17.2. The van der Waals surface area contributed by atoms with Crippen molar-refractivity contribution in [2.45, 2.75) is 26.7 Å². The Morgan fingerprint density at radius 3 is 2.33 bits per heavy atom. The van der Waals surface area contributed by atoms with Gasteiger partial charge < -0.3 is 14.2 Å². The zero-order valence-corrected chi connectivity index (χ0v) is 17.1. The highest BCUT2D eigenvalue weighted by atomic mass is 16.3. The van der Waals surface area contributed by atoms with Gasteiger partial charge in [0.1, 0.15) is 5.71 Å². The Hall–Kier alpha value is -3.42. The molecule has 0 N–H and O–H groups in total. The van der Waals surface area contributed by atoms with Crippen LogP contribution in [-0.2, 0) is 9.59 Å². The molecule has 1 aromatic carbocycles. The fraction of sp³-hybridized carbons (Fsp3) is 0.364. The van der Waals surface area contributed by atoms with Crippen LogP contribution in [0.1, 0.15) is 34.5 Å². The van der Waals surface area contributed by atoms with Crippen LogP contribution in [0, 0.1) is 13.8 Å². The quantitative estimate of drug-likeness (QED) is 0.780. The molecule has 8 heteroatoms. The summed E-state index contributed by atoms with van der Waals surface area (Å²) < 4.78 is 5.17. The third-order valence-corrected chi connectivity index (χ3v) is 5.46. The van der Waals surface area contributed by atoms with E-state index in [4.69, 9.17) is 4.42 Å². The van der Waals surface area contributed by atoms with E-state index < -0.39 is 0 Å². The molecule has 30 heavy (non-hydrogen) atoms. The summed E-state index contributed by atoms with van der Waals surface area (Å²) in [6.07, 6.45) is 2.04. The maximum Gasteiger partial charge on any atom is 0.289 e. The summed E-state index contributed by atoms with van der Waals surface area (Å²) >= 11 is 0. The smallest absolute Gasteiger partial charge is 0.289 e. The van der Waals surface area contributed by atoms with Gasteiger partial charge in [-0.05, 0) is 43.2 Å². The predicted molar refractivity (Wildman–Crippen MR) is 111 cm³/mol. The maximum atomic E-state index is 13.0. The van der Waals surface area contributed by atoms with E-state index >= 15 is 0 Å². The first-order valence-corrected chi connectivity index (χ1v) is 10.0. The van der Waals surface area contributed by atoms with Gasteiger partial charge >= 0.3 is 0 Å². The Kier molecular flexibility index (Phi) is 5.39. The maximum absolute atomic E-state index is 13.0. The van der Waals surface area contributed by atoms with Gasteiger partial charge in [0, 0.05) is 39.0 Å². The van der Waals surface area contributed by atoms with Crippen LogP contribution >= 0.6 is 0 Å². The van der Waals surface area contributed by atoms with Crippen molar-refractivity contribution in [2.75, 3.05) is 31.2 Å². The lowest BCUT2D eigenvalue weighted by Crippen LogP contribution is -2.52. The van der Waals surface area contributed by atoms with Gasteiger partial charge in [-0.15, -0.1) is 0 Å². The molecule has 1 fully saturated rings. The first-order valence-electron chi connectivity index (χ1n) is 10.0. The van der Waals surface area contributed by atoms with Crippen molar-refractivity contribution >= 4 is 29.1 Å². The second kappa shape index (κ2) is 8.14. The van der Waals surface area contributed by atoms with Crippen molar-refractivity contribution < 1.29 is 18.8 Å². The number of aryl methyl sites for hydroxylation is 2. The van der Waals surface area contributed by atoms with Crippen LogP contribution in [0.2, 0.25) is 0 Å². The monoisotopic (exact) mass is 408 g/mol. The SMILES string of the molecule is Cc1ccc(C)c(N2N=C(C(=O)N3CCN(C(=O)c4ccco4)CC3)CCC2=O)c1. The Morgan fingerprint density at radius 1 is 0.967 bits per heavy atom. The second-order valence-electron chi connectivity index (χ2n) is 7.60. The van der Waals surface area contributed by atoms with Gasteiger partial charge in [0.25, 0.3) is 11.8 Å². The van der Waals surface area contributed by atoms with Crippen molar-refractivity contribution in [1.82, 2.24) is 9.80 Å². The number of piperazine rings is 1. The Balaban J connectivity index is 1.46. The standard InChI is InChI=1S/C22H24N4O4/c1-15-5-6-16(2)18(14-15)26-20(27)8-7-17(23-26)21(28)24-9-11-25(12-10-24)22(29)19-4-3-13-30-19/h3-6,13-14H,7-12H2,1-2H3. The van der Waals surface area contributed by atoms with Gasteiger partial charge in [0.2, 0.25) is 5.91 Å². The van der Waals surface area contributed by atoms with E-state index in [0.717, 1.165) is 11.1 Å². The highest BCUT2D eigenvalue weighted by Crippen LogP contribution is 2.26. The number of furan rings is 1. The van der Waals surface area contributed by atoms with Crippen molar-refractivity contribution in [2.24, 2.45) is 5.10 Å². The average molecular weight is 408 g/mol. The fourth-order valence-corrected chi connectivity index (χ4v) is 3.69. The average Bonchev–Trinajstić information content (AvgIpc) is 3.30. The van der Waals surface area contributed by atoms with Gasteiger partial charge in [0.05, 0.1) is 12.0 Å². The summed E-state index contributed by atoms with van der Waals surface area (Å²) in [4.78, 5) is 41.3. The largest absolute Gasteiger partial charge is 0.459 e. The Bertz CT molecular complexity index is 1000. The van der Waals surface area contributed by atoms with Crippen LogP contribution in [0.3, 0.4) is 0 Å². The van der Waals surface area contributed by atoms with Crippen LogP contribution in [-0.4, -0.2) is 59.4 Å². The topological polar surface area (TPSA) is 86.4 Å². The van der Waals surface area contributed by atoms with Crippen LogP contribution < -0.4 is 5.01 Å². The van der Waals surface area contributed by atoms with E-state index in [9.17, 15) is 14.4 Å². The molecular weight excluding hydrogens is 384 g/mol. The molecule has 0 atom stereocenters.